The molecule has 4 heterocycles. The smallest absolute Gasteiger partial charge is 0.141 e. The van der Waals surface area contributed by atoms with Gasteiger partial charge in [0.15, 0.2) is 0 Å². The van der Waals surface area contributed by atoms with Gasteiger partial charge in [0, 0.05) is 41.8 Å². The van der Waals surface area contributed by atoms with Gasteiger partial charge in [-0.15, -0.1) is 11.3 Å². The molecule has 1 aliphatic rings. The minimum atomic E-state index is 0.465. The van der Waals surface area contributed by atoms with Crippen molar-refractivity contribution in [3.8, 4) is 11.1 Å². The molecule has 0 amide bonds. The van der Waals surface area contributed by atoms with Crippen molar-refractivity contribution in [3.05, 3.63) is 59.5 Å². The minimum Gasteiger partial charge on any atom is -0.355 e. The number of nitrogens with zero attached hydrogens (tertiary/aromatic N) is 4. The first kappa shape index (κ1) is 16.4. The highest BCUT2D eigenvalue weighted by atomic mass is 32.1. The molecule has 0 bridgehead atoms. The maximum atomic E-state index is 4.72. The Labute approximate surface area is 162 Å². The van der Waals surface area contributed by atoms with Gasteiger partial charge in [0.05, 0.1) is 5.39 Å². The topological polar surface area (TPSA) is 57.7 Å². The predicted molar refractivity (Wildman–Crippen MR) is 110 cm³/mol. The Balaban J connectivity index is 1.57. The van der Waals surface area contributed by atoms with Crippen LogP contribution in [-0.2, 0) is 0 Å². The van der Waals surface area contributed by atoms with Crippen molar-refractivity contribution < 1.29 is 0 Å². The van der Waals surface area contributed by atoms with Gasteiger partial charge in [0.2, 0.25) is 0 Å². The highest BCUT2D eigenvalue weighted by Crippen LogP contribution is 2.39. The van der Waals surface area contributed by atoms with Gasteiger partial charge < -0.3 is 4.90 Å². The van der Waals surface area contributed by atoms with Crippen molar-refractivity contribution in [1.29, 1.82) is 0 Å². The largest absolute Gasteiger partial charge is 0.355 e. The van der Waals surface area contributed by atoms with Gasteiger partial charge in [-0.2, -0.15) is 5.10 Å². The summed E-state index contributed by atoms with van der Waals surface area (Å²) in [5, 5.41) is 10.7. The lowest BCUT2D eigenvalue weighted by molar-refractivity contribution is 0.499. The van der Waals surface area contributed by atoms with E-state index in [0.717, 1.165) is 30.2 Å². The number of anilines is 1. The van der Waals surface area contributed by atoms with E-state index in [1.165, 1.54) is 34.2 Å². The van der Waals surface area contributed by atoms with Crippen LogP contribution in [0.4, 0.5) is 5.82 Å². The van der Waals surface area contributed by atoms with Crippen molar-refractivity contribution in [3.63, 3.8) is 0 Å². The third kappa shape index (κ3) is 3.00. The number of aryl methyl sites for hydroxylation is 1. The first-order valence-corrected chi connectivity index (χ1v) is 10.2. The Morgan fingerprint density at radius 2 is 2.04 bits per heavy atom. The van der Waals surface area contributed by atoms with Crippen molar-refractivity contribution in [2.45, 2.75) is 25.7 Å². The Morgan fingerprint density at radius 1 is 1.15 bits per heavy atom. The number of rotatable bonds is 3. The van der Waals surface area contributed by atoms with Gasteiger partial charge in [0.25, 0.3) is 0 Å². The Hall–Kier alpha value is -2.73. The number of hydrogen-bond acceptors (Lipinski definition) is 5. The first-order valence-electron chi connectivity index (χ1n) is 9.33. The lowest BCUT2D eigenvalue weighted by Gasteiger charge is -2.33. The van der Waals surface area contributed by atoms with Gasteiger partial charge in [-0.05, 0) is 31.4 Å². The van der Waals surface area contributed by atoms with Gasteiger partial charge >= 0.3 is 0 Å². The summed E-state index contributed by atoms with van der Waals surface area (Å²) in [6.45, 7) is 4.10. The van der Waals surface area contributed by atoms with E-state index in [4.69, 9.17) is 4.98 Å². The van der Waals surface area contributed by atoms with Gasteiger partial charge in [-0.3, -0.25) is 5.10 Å². The summed E-state index contributed by atoms with van der Waals surface area (Å²) in [7, 11) is 0. The fourth-order valence-corrected chi connectivity index (χ4v) is 4.87. The van der Waals surface area contributed by atoms with Crippen molar-refractivity contribution in [1.82, 2.24) is 20.2 Å². The van der Waals surface area contributed by atoms with Crippen LogP contribution in [0.25, 0.3) is 21.3 Å². The summed E-state index contributed by atoms with van der Waals surface area (Å²) in [6.07, 6.45) is 5.87. The van der Waals surface area contributed by atoms with Crippen molar-refractivity contribution in [2.75, 3.05) is 18.0 Å². The zero-order valence-corrected chi connectivity index (χ0v) is 16.0. The quantitative estimate of drug-likeness (QED) is 0.560. The fraction of sp³-hybridized carbons (Fsp3) is 0.286. The molecule has 5 rings (SSSR count). The molecular weight excluding hydrogens is 354 g/mol. The van der Waals surface area contributed by atoms with Crippen LogP contribution in [0.2, 0.25) is 0 Å². The molecule has 5 nitrogen and oxygen atoms in total. The summed E-state index contributed by atoms with van der Waals surface area (Å²) in [5.74, 6) is 1.52. The number of aromatic nitrogens is 4. The summed E-state index contributed by atoms with van der Waals surface area (Å²) < 4.78 is 0. The van der Waals surface area contributed by atoms with Crippen LogP contribution in [-0.4, -0.2) is 33.3 Å². The van der Waals surface area contributed by atoms with Gasteiger partial charge in [-0.25, -0.2) is 9.97 Å². The molecule has 1 saturated heterocycles. The van der Waals surface area contributed by atoms with E-state index in [2.05, 4.69) is 62.7 Å². The lowest BCUT2D eigenvalue weighted by atomic mass is 9.94. The van der Waals surface area contributed by atoms with Crippen molar-refractivity contribution >= 4 is 27.4 Å². The second-order valence-electron chi connectivity index (χ2n) is 7.19. The second kappa shape index (κ2) is 6.78. The molecule has 136 valence electrons. The van der Waals surface area contributed by atoms with Crippen LogP contribution in [0.5, 0.6) is 0 Å². The molecule has 0 spiro atoms. The standard InChI is InChI=1S/C21H21N5S/c1-14-4-6-15(7-5-14)17-12-27-21-19(17)20(22-13-23-21)26-10-2-3-16(11-26)18-8-9-24-25-18/h4-9,12-13,16H,2-3,10-11H2,1H3,(H,24,25)/t16-/m0/s1. The number of benzene rings is 1. The van der Waals surface area contributed by atoms with E-state index in [-0.39, 0.29) is 0 Å². The van der Waals surface area contributed by atoms with E-state index in [0.29, 0.717) is 5.92 Å². The molecule has 0 aliphatic carbocycles. The first-order chi connectivity index (χ1) is 13.3. The SMILES string of the molecule is Cc1ccc(-c2csc3ncnc(N4CCC[C@H](c5ccn[nH]5)C4)c23)cc1. The molecule has 3 aromatic heterocycles. The maximum Gasteiger partial charge on any atom is 0.141 e. The Bertz CT molecular complexity index is 1050. The normalized spacial score (nSPS) is 17.5. The number of fused-ring (bicyclic) bond motifs is 1. The monoisotopic (exact) mass is 375 g/mol. The number of aromatic amines is 1. The number of nitrogens with one attached hydrogen (secondary N) is 1. The molecule has 0 saturated carbocycles. The number of thiophene rings is 1. The molecule has 1 aromatic carbocycles. The molecule has 1 N–H and O–H groups in total. The minimum absolute atomic E-state index is 0.465. The molecule has 4 aromatic rings. The van der Waals surface area contributed by atoms with E-state index in [1.54, 1.807) is 17.7 Å². The van der Waals surface area contributed by atoms with Crippen LogP contribution in [0.3, 0.4) is 0 Å². The summed E-state index contributed by atoms with van der Waals surface area (Å²) in [6, 6.07) is 10.8. The van der Waals surface area contributed by atoms with E-state index in [1.807, 2.05) is 6.20 Å². The molecular formula is C21H21N5S. The van der Waals surface area contributed by atoms with E-state index < -0.39 is 0 Å². The molecule has 6 heteroatoms. The molecule has 0 unspecified atom stereocenters. The predicted octanol–water partition coefficient (Wildman–Crippen LogP) is 4.77. The van der Waals surface area contributed by atoms with Crippen LogP contribution in [0, 0.1) is 6.92 Å². The van der Waals surface area contributed by atoms with Crippen LogP contribution < -0.4 is 4.90 Å². The van der Waals surface area contributed by atoms with Crippen LogP contribution in [0.1, 0.15) is 30.0 Å². The average molecular weight is 376 g/mol. The third-order valence-corrected chi connectivity index (χ3v) is 6.28. The summed E-state index contributed by atoms with van der Waals surface area (Å²) >= 11 is 1.70. The Morgan fingerprint density at radius 3 is 2.85 bits per heavy atom. The maximum absolute atomic E-state index is 4.72. The van der Waals surface area contributed by atoms with Gasteiger partial charge in [0.1, 0.15) is 17.0 Å². The Kier molecular flexibility index (Phi) is 4.13. The number of H-pyrrole nitrogens is 1. The number of piperidine rings is 1. The zero-order valence-electron chi connectivity index (χ0n) is 15.2. The molecule has 1 aliphatic heterocycles. The number of hydrogen-bond donors (Lipinski definition) is 1. The zero-order chi connectivity index (χ0) is 18.2. The fourth-order valence-electron chi connectivity index (χ4n) is 3.96. The van der Waals surface area contributed by atoms with Gasteiger partial charge in [-0.1, -0.05) is 29.8 Å². The molecule has 27 heavy (non-hydrogen) atoms. The second-order valence-corrected chi connectivity index (χ2v) is 8.05. The van der Waals surface area contributed by atoms with E-state index in [9.17, 15) is 0 Å². The molecule has 0 radical (unpaired) electrons. The van der Waals surface area contributed by atoms with E-state index >= 15 is 0 Å². The highest BCUT2D eigenvalue weighted by Gasteiger charge is 2.25. The van der Waals surface area contributed by atoms with Crippen molar-refractivity contribution in [2.24, 2.45) is 0 Å². The summed E-state index contributed by atoms with van der Waals surface area (Å²) in [4.78, 5) is 12.7. The summed E-state index contributed by atoms with van der Waals surface area (Å²) in [5.41, 5.74) is 4.95. The van der Waals surface area contributed by atoms with Crippen LogP contribution in [0.15, 0.2) is 48.2 Å². The molecule has 1 atom stereocenters. The average Bonchev–Trinajstić information content (AvgIpc) is 3.39. The highest BCUT2D eigenvalue weighted by molar-refractivity contribution is 7.17. The lowest BCUT2D eigenvalue weighted by Crippen LogP contribution is -2.35. The molecule has 1 fully saturated rings. The van der Waals surface area contributed by atoms with Crippen LogP contribution >= 0.6 is 11.3 Å². The third-order valence-electron chi connectivity index (χ3n) is 5.40.